The van der Waals surface area contributed by atoms with Crippen LogP contribution in [0.3, 0.4) is 0 Å². The van der Waals surface area contributed by atoms with Gasteiger partial charge in [0.25, 0.3) is 0 Å². The van der Waals surface area contributed by atoms with Crippen molar-refractivity contribution in [1.29, 1.82) is 0 Å². The van der Waals surface area contributed by atoms with Gasteiger partial charge in [-0.25, -0.2) is 8.42 Å². The molecular formula is C16H26F2IN3O4S. The van der Waals surface area contributed by atoms with Crippen molar-refractivity contribution in [2.45, 2.75) is 20.1 Å². The monoisotopic (exact) mass is 521 g/mol. The Morgan fingerprint density at radius 1 is 1.26 bits per heavy atom. The van der Waals surface area contributed by atoms with Gasteiger partial charge in [0, 0.05) is 32.0 Å². The molecule has 2 N–H and O–H groups in total. The molecule has 0 bridgehead atoms. The largest absolute Gasteiger partial charge is 0.434 e. The second kappa shape index (κ2) is 13.0. The lowest BCUT2D eigenvalue weighted by Gasteiger charge is -2.15. The molecule has 0 atom stereocenters. The average molecular weight is 521 g/mol. The minimum Gasteiger partial charge on any atom is -0.434 e. The summed E-state index contributed by atoms with van der Waals surface area (Å²) in [7, 11) is -1.46. The van der Waals surface area contributed by atoms with Crippen LogP contribution in [0.25, 0.3) is 0 Å². The number of sulfone groups is 1. The first-order chi connectivity index (χ1) is 12.2. The molecule has 0 heterocycles. The summed E-state index contributed by atoms with van der Waals surface area (Å²) in [5, 5.41) is 5.99. The van der Waals surface area contributed by atoms with Crippen LogP contribution in [0.15, 0.2) is 23.2 Å². The number of nitrogens with one attached hydrogen (secondary N) is 2. The van der Waals surface area contributed by atoms with Crippen LogP contribution in [0.2, 0.25) is 0 Å². The predicted octanol–water partition coefficient (Wildman–Crippen LogP) is 1.94. The molecule has 1 aromatic carbocycles. The Balaban J connectivity index is 0.00000676. The molecule has 0 unspecified atom stereocenters. The maximum atomic E-state index is 12.5. The number of benzene rings is 1. The molecule has 7 nitrogen and oxygen atoms in total. The van der Waals surface area contributed by atoms with Crippen molar-refractivity contribution in [2.24, 2.45) is 4.99 Å². The van der Waals surface area contributed by atoms with Gasteiger partial charge in [-0.2, -0.15) is 8.78 Å². The van der Waals surface area contributed by atoms with E-state index in [4.69, 9.17) is 4.74 Å². The van der Waals surface area contributed by atoms with Crippen LogP contribution in [0, 0.1) is 6.92 Å². The SMILES string of the molecule is CN=C(NCCOCCS(C)(=O)=O)NCc1cc(C)ccc1OC(F)F.I. The normalized spacial score (nSPS) is 11.9. The third-order valence-corrected chi connectivity index (χ3v) is 4.15. The summed E-state index contributed by atoms with van der Waals surface area (Å²) in [6.45, 7) is 0.0647. The molecule has 0 aromatic heterocycles. The van der Waals surface area contributed by atoms with Gasteiger partial charge in [-0.15, -0.1) is 24.0 Å². The Bertz CT molecular complexity index is 703. The van der Waals surface area contributed by atoms with Crippen molar-refractivity contribution >= 4 is 39.8 Å². The molecule has 27 heavy (non-hydrogen) atoms. The van der Waals surface area contributed by atoms with E-state index in [-0.39, 0.29) is 48.6 Å². The number of nitrogens with zero attached hydrogens (tertiary/aromatic N) is 1. The van der Waals surface area contributed by atoms with Crippen molar-refractivity contribution in [3.05, 3.63) is 29.3 Å². The molecule has 0 amide bonds. The molecule has 11 heteroatoms. The summed E-state index contributed by atoms with van der Waals surface area (Å²) < 4.78 is 56.6. The summed E-state index contributed by atoms with van der Waals surface area (Å²) in [5.74, 6) is 0.541. The first-order valence-electron chi connectivity index (χ1n) is 7.95. The van der Waals surface area contributed by atoms with Gasteiger partial charge in [0.05, 0.1) is 19.0 Å². The zero-order valence-corrected chi connectivity index (χ0v) is 18.6. The summed E-state index contributed by atoms with van der Waals surface area (Å²) >= 11 is 0. The van der Waals surface area contributed by atoms with Gasteiger partial charge in [-0.1, -0.05) is 17.7 Å². The number of aryl methyl sites for hydroxylation is 1. The van der Waals surface area contributed by atoms with E-state index in [0.29, 0.717) is 24.7 Å². The van der Waals surface area contributed by atoms with Crippen molar-refractivity contribution in [3.63, 3.8) is 0 Å². The van der Waals surface area contributed by atoms with E-state index < -0.39 is 16.4 Å². The number of hydrogen-bond acceptors (Lipinski definition) is 5. The van der Waals surface area contributed by atoms with Crippen molar-refractivity contribution < 1.29 is 26.7 Å². The molecule has 0 aliphatic carbocycles. The van der Waals surface area contributed by atoms with Crippen LogP contribution in [0.1, 0.15) is 11.1 Å². The molecule has 156 valence electrons. The Morgan fingerprint density at radius 3 is 2.56 bits per heavy atom. The van der Waals surface area contributed by atoms with Gasteiger partial charge < -0.3 is 20.1 Å². The number of ether oxygens (including phenoxy) is 2. The molecule has 0 saturated heterocycles. The van der Waals surface area contributed by atoms with Gasteiger partial charge >= 0.3 is 6.61 Å². The smallest absolute Gasteiger partial charge is 0.387 e. The van der Waals surface area contributed by atoms with Gasteiger partial charge in [-0.3, -0.25) is 4.99 Å². The lowest BCUT2D eigenvalue weighted by atomic mass is 10.1. The molecule has 0 aliphatic heterocycles. The first kappa shape index (κ1) is 25.8. The average Bonchev–Trinajstić information content (AvgIpc) is 2.54. The lowest BCUT2D eigenvalue weighted by Crippen LogP contribution is -2.38. The number of guanidine groups is 1. The topological polar surface area (TPSA) is 89.0 Å². The highest BCUT2D eigenvalue weighted by atomic mass is 127. The van der Waals surface area contributed by atoms with E-state index in [1.165, 1.54) is 6.07 Å². The first-order valence-corrected chi connectivity index (χ1v) is 10.0. The third-order valence-electron chi connectivity index (χ3n) is 3.24. The van der Waals surface area contributed by atoms with Crippen LogP contribution in [-0.4, -0.2) is 59.8 Å². The second-order valence-corrected chi connectivity index (χ2v) is 7.84. The van der Waals surface area contributed by atoms with Gasteiger partial charge in [0.1, 0.15) is 15.6 Å². The van der Waals surface area contributed by atoms with Crippen molar-refractivity contribution in [2.75, 3.05) is 38.8 Å². The van der Waals surface area contributed by atoms with Gasteiger partial charge in [0.2, 0.25) is 0 Å². The highest BCUT2D eigenvalue weighted by Gasteiger charge is 2.10. The molecular weight excluding hydrogens is 495 g/mol. The molecule has 1 rings (SSSR count). The Morgan fingerprint density at radius 2 is 1.96 bits per heavy atom. The number of rotatable bonds is 10. The molecule has 1 aromatic rings. The molecule has 0 radical (unpaired) electrons. The minimum atomic E-state index is -3.03. The highest BCUT2D eigenvalue weighted by Crippen LogP contribution is 2.21. The number of hydrogen-bond donors (Lipinski definition) is 2. The summed E-state index contributed by atoms with van der Waals surface area (Å²) in [4.78, 5) is 4.03. The highest BCUT2D eigenvalue weighted by molar-refractivity contribution is 14.0. The Labute approximate surface area is 175 Å². The number of alkyl halides is 2. The third kappa shape index (κ3) is 12.0. The van der Waals surface area contributed by atoms with Crippen molar-refractivity contribution in [3.8, 4) is 5.75 Å². The quantitative estimate of drug-likeness (QED) is 0.212. The van der Waals surface area contributed by atoms with E-state index in [9.17, 15) is 17.2 Å². The molecule has 0 spiro atoms. The van der Waals surface area contributed by atoms with Crippen LogP contribution < -0.4 is 15.4 Å². The maximum Gasteiger partial charge on any atom is 0.387 e. The number of halogens is 3. The Kier molecular flexibility index (Phi) is 12.5. The van der Waals surface area contributed by atoms with E-state index in [0.717, 1.165) is 11.8 Å². The van der Waals surface area contributed by atoms with Gasteiger partial charge in [0.15, 0.2) is 5.96 Å². The van der Waals surface area contributed by atoms with E-state index in [1.807, 2.05) is 6.92 Å². The molecule has 0 fully saturated rings. The van der Waals surface area contributed by atoms with Gasteiger partial charge in [-0.05, 0) is 13.0 Å². The van der Waals surface area contributed by atoms with Crippen molar-refractivity contribution in [1.82, 2.24) is 10.6 Å². The zero-order valence-electron chi connectivity index (χ0n) is 15.5. The Hall–Kier alpha value is -1.21. The lowest BCUT2D eigenvalue weighted by molar-refractivity contribution is -0.0504. The standard InChI is InChI=1S/C16H25F2N3O4S.HI/c1-12-4-5-14(25-15(17)18)13(10-12)11-21-16(19-2)20-6-7-24-8-9-26(3,22)23;/h4-5,10,15H,6-9,11H2,1-3H3,(H2,19,20,21);1H. The molecule has 0 saturated carbocycles. The molecule has 0 aliphatic rings. The van der Waals surface area contributed by atoms with Crippen LogP contribution in [-0.2, 0) is 21.1 Å². The zero-order chi connectivity index (χ0) is 19.6. The fourth-order valence-electron chi connectivity index (χ4n) is 2.01. The minimum absolute atomic E-state index is 0. The number of aliphatic imine (C=N–C) groups is 1. The van der Waals surface area contributed by atoms with E-state index in [2.05, 4.69) is 20.4 Å². The summed E-state index contributed by atoms with van der Waals surface area (Å²) in [5.41, 5.74) is 1.50. The predicted molar refractivity (Wildman–Crippen MR) is 112 cm³/mol. The summed E-state index contributed by atoms with van der Waals surface area (Å²) in [6, 6.07) is 4.96. The second-order valence-electron chi connectivity index (χ2n) is 5.58. The van der Waals surface area contributed by atoms with E-state index in [1.54, 1.807) is 19.2 Å². The maximum absolute atomic E-state index is 12.5. The van der Waals surface area contributed by atoms with Crippen LogP contribution >= 0.6 is 24.0 Å². The van der Waals surface area contributed by atoms with E-state index >= 15 is 0 Å². The fourth-order valence-corrected chi connectivity index (χ4v) is 2.43. The fraction of sp³-hybridized carbons (Fsp3) is 0.562. The van der Waals surface area contributed by atoms with Crippen LogP contribution in [0.5, 0.6) is 5.75 Å². The summed E-state index contributed by atoms with van der Waals surface area (Å²) in [6.07, 6.45) is 1.15. The van der Waals surface area contributed by atoms with Crippen LogP contribution in [0.4, 0.5) is 8.78 Å².